The zero-order valence-corrected chi connectivity index (χ0v) is 16.8. The Labute approximate surface area is 170 Å². The van der Waals surface area contributed by atoms with Crippen molar-refractivity contribution in [3.63, 3.8) is 0 Å². The minimum atomic E-state index is -0.194. The van der Waals surface area contributed by atoms with Gasteiger partial charge in [0.05, 0.1) is 12.6 Å². The normalized spacial score (nSPS) is 16.1. The molecule has 0 aliphatic carbocycles. The fourth-order valence-electron chi connectivity index (χ4n) is 4.01. The summed E-state index contributed by atoms with van der Waals surface area (Å²) < 4.78 is 15.1. The quantitative estimate of drug-likeness (QED) is 0.614. The van der Waals surface area contributed by atoms with Gasteiger partial charge in [0.1, 0.15) is 5.82 Å². The van der Waals surface area contributed by atoms with Gasteiger partial charge in [0.25, 0.3) is 0 Å². The van der Waals surface area contributed by atoms with Crippen molar-refractivity contribution in [3.05, 3.63) is 71.8 Å². The van der Waals surface area contributed by atoms with E-state index >= 15 is 0 Å². The highest BCUT2D eigenvalue weighted by Gasteiger charge is 2.28. The second-order valence-corrected chi connectivity index (χ2v) is 7.48. The number of piperazine rings is 1. The predicted molar refractivity (Wildman–Crippen MR) is 111 cm³/mol. The van der Waals surface area contributed by atoms with Crippen molar-refractivity contribution >= 4 is 5.69 Å². The Morgan fingerprint density at radius 3 is 2.38 bits per heavy atom. The average molecular weight is 394 g/mol. The smallest absolute Gasteiger partial charge is 0.168 e. The number of hydrogen-bond donors (Lipinski definition) is 0. The first-order chi connectivity index (χ1) is 14.2. The molecule has 0 bridgehead atoms. The van der Waals surface area contributed by atoms with E-state index in [1.807, 2.05) is 35.0 Å². The van der Waals surface area contributed by atoms with E-state index in [1.54, 1.807) is 0 Å². The molecule has 0 saturated carbocycles. The number of rotatable bonds is 7. The molecule has 1 saturated heterocycles. The third kappa shape index (κ3) is 4.62. The molecule has 1 aromatic heterocycles. The van der Waals surface area contributed by atoms with Crippen molar-refractivity contribution in [3.8, 4) is 0 Å². The average Bonchev–Trinajstić information content (AvgIpc) is 3.21. The highest BCUT2D eigenvalue weighted by atomic mass is 19.1. The standard InChI is InChI=1S/C22H27FN6/c1-2-6-21(22-24-25-26-29(22)17-18-7-4-3-5-8-18)28-15-13-27(14-16-28)20-11-9-19(23)10-12-20/h3-5,7-12,21H,2,6,13-17H2,1H3/t21-/m0/s1. The Balaban J connectivity index is 1.46. The topological polar surface area (TPSA) is 50.1 Å². The first-order valence-electron chi connectivity index (χ1n) is 10.3. The number of anilines is 1. The zero-order chi connectivity index (χ0) is 20.1. The van der Waals surface area contributed by atoms with Crippen LogP contribution in [0.4, 0.5) is 10.1 Å². The zero-order valence-electron chi connectivity index (χ0n) is 16.8. The van der Waals surface area contributed by atoms with Gasteiger partial charge in [-0.2, -0.15) is 0 Å². The van der Waals surface area contributed by atoms with Crippen LogP contribution in [0.5, 0.6) is 0 Å². The van der Waals surface area contributed by atoms with Crippen LogP contribution < -0.4 is 4.90 Å². The van der Waals surface area contributed by atoms with E-state index in [0.29, 0.717) is 6.54 Å². The molecule has 3 aromatic rings. The molecular formula is C22H27FN6. The van der Waals surface area contributed by atoms with E-state index in [2.05, 4.69) is 44.4 Å². The second kappa shape index (κ2) is 9.13. The maximum atomic E-state index is 13.2. The summed E-state index contributed by atoms with van der Waals surface area (Å²) in [5.41, 5.74) is 2.27. The van der Waals surface area contributed by atoms with Crippen LogP contribution in [0, 0.1) is 5.82 Å². The lowest BCUT2D eigenvalue weighted by atomic mass is 10.1. The summed E-state index contributed by atoms with van der Waals surface area (Å²) in [5.74, 6) is 0.742. The second-order valence-electron chi connectivity index (χ2n) is 7.48. The van der Waals surface area contributed by atoms with Crippen molar-refractivity contribution in [1.29, 1.82) is 0 Å². The molecule has 0 N–H and O–H groups in total. The van der Waals surface area contributed by atoms with Crippen LogP contribution >= 0.6 is 0 Å². The van der Waals surface area contributed by atoms with Crippen molar-refractivity contribution in [2.75, 3.05) is 31.1 Å². The lowest BCUT2D eigenvalue weighted by Crippen LogP contribution is -2.48. The van der Waals surface area contributed by atoms with Crippen molar-refractivity contribution in [1.82, 2.24) is 25.1 Å². The molecule has 1 aliphatic heterocycles. The van der Waals surface area contributed by atoms with Crippen LogP contribution in [-0.4, -0.2) is 51.3 Å². The van der Waals surface area contributed by atoms with Gasteiger partial charge in [0.2, 0.25) is 0 Å². The van der Waals surface area contributed by atoms with Crippen LogP contribution in [0.3, 0.4) is 0 Å². The third-order valence-electron chi connectivity index (χ3n) is 5.54. The molecule has 2 aromatic carbocycles. The molecule has 29 heavy (non-hydrogen) atoms. The SMILES string of the molecule is CCC[C@@H](c1nnnn1Cc1ccccc1)N1CCN(c2ccc(F)cc2)CC1. The predicted octanol–water partition coefficient (Wildman–Crippen LogP) is 3.52. The highest BCUT2D eigenvalue weighted by Crippen LogP contribution is 2.27. The van der Waals surface area contributed by atoms with Crippen LogP contribution in [0.2, 0.25) is 0 Å². The van der Waals surface area contributed by atoms with Crippen LogP contribution in [0.1, 0.15) is 37.2 Å². The first-order valence-corrected chi connectivity index (χ1v) is 10.3. The number of hydrogen-bond acceptors (Lipinski definition) is 5. The maximum Gasteiger partial charge on any atom is 0.168 e. The minimum Gasteiger partial charge on any atom is -0.369 e. The summed E-state index contributed by atoms with van der Waals surface area (Å²) in [5, 5.41) is 12.6. The van der Waals surface area contributed by atoms with Gasteiger partial charge in [0, 0.05) is 31.9 Å². The van der Waals surface area contributed by atoms with Gasteiger partial charge in [-0.1, -0.05) is 43.7 Å². The summed E-state index contributed by atoms with van der Waals surface area (Å²) in [6.45, 7) is 6.56. The first kappa shape index (κ1) is 19.5. The Hall–Kier alpha value is -2.80. The van der Waals surface area contributed by atoms with Gasteiger partial charge in [-0.15, -0.1) is 5.10 Å². The van der Waals surface area contributed by atoms with Crippen molar-refractivity contribution in [2.45, 2.75) is 32.4 Å². The highest BCUT2D eigenvalue weighted by molar-refractivity contribution is 5.46. The minimum absolute atomic E-state index is 0.194. The van der Waals surface area contributed by atoms with E-state index < -0.39 is 0 Å². The molecular weight excluding hydrogens is 367 g/mol. The lowest BCUT2D eigenvalue weighted by molar-refractivity contribution is 0.164. The van der Waals surface area contributed by atoms with Gasteiger partial charge in [-0.05, 0) is 46.7 Å². The van der Waals surface area contributed by atoms with Gasteiger partial charge < -0.3 is 4.90 Å². The number of halogens is 1. The molecule has 0 amide bonds. The summed E-state index contributed by atoms with van der Waals surface area (Å²) in [6, 6.07) is 17.3. The van der Waals surface area contributed by atoms with Crippen LogP contribution in [0.25, 0.3) is 0 Å². The molecule has 1 fully saturated rings. The Kier molecular flexibility index (Phi) is 6.14. The molecule has 6 nitrogen and oxygen atoms in total. The number of tetrazole rings is 1. The van der Waals surface area contributed by atoms with E-state index in [-0.39, 0.29) is 11.9 Å². The van der Waals surface area contributed by atoms with Gasteiger partial charge >= 0.3 is 0 Å². The van der Waals surface area contributed by atoms with E-state index in [1.165, 1.54) is 17.7 Å². The Morgan fingerprint density at radius 1 is 0.966 bits per heavy atom. The molecule has 1 aliphatic rings. The summed E-state index contributed by atoms with van der Waals surface area (Å²) in [7, 11) is 0. The maximum absolute atomic E-state index is 13.2. The Bertz CT molecular complexity index is 887. The third-order valence-corrected chi connectivity index (χ3v) is 5.54. The summed E-state index contributed by atoms with van der Waals surface area (Å²) in [6.07, 6.45) is 2.09. The fraction of sp³-hybridized carbons (Fsp3) is 0.409. The van der Waals surface area contributed by atoms with Gasteiger partial charge in [0.15, 0.2) is 5.82 Å². The molecule has 7 heteroatoms. The summed E-state index contributed by atoms with van der Waals surface area (Å²) in [4.78, 5) is 4.79. The van der Waals surface area contributed by atoms with E-state index in [9.17, 15) is 4.39 Å². The van der Waals surface area contributed by atoms with Gasteiger partial charge in [-0.25, -0.2) is 9.07 Å². The summed E-state index contributed by atoms with van der Waals surface area (Å²) >= 11 is 0. The number of nitrogens with zero attached hydrogens (tertiary/aromatic N) is 6. The molecule has 2 heterocycles. The van der Waals surface area contributed by atoms with E-state index in [4.69, 9.17) is 0 Å². The van der Waals surface area contributed by atoms with Crippen LogP contribution in [0.15, 0.2) is 54.6 Å². The lowest BCUT2D eigenvalue weighted by Gasteiger charge is -2.39. The molecule has 0 unspecified atom stereocenters. The van der Waals surface area contributed by atoms with E-state index in [0.717, 1.165) is 50.5 Å². The number of aromatic nitrogens is 4. The fourth-order valence-corrected chi connectivity index (χ4v) is 4.01. The van der Waals surface area contributed by atoms with Crippen molar-refractivity contribution < 1.29 is 4.39 Å². The Morgan fingerprint density at radius 2 is 1.69 bits per heavy atom. The van der Waals surface area contributed by atoms with Crippen LogP contribution in [-0.2, 0) is 6.54 Å². The number of benzene rings is 2. The monoisotopic (exact) mass is 394 g/mol. The molecule has 1 atom stereocenters. The molecule has 0 spiro atoms. The molecule has 4 rings (SSSR count). The van der Waals surface area contributed by atoms with Gasteiger partial charge in [-0.3, -0.25) is 4.90 Å². The largest absolute Gasteiger partial charge is 0.369 e. The van der Waals surface area contributed by atoms with Crippen molar-refractivity contribution in [2.24, 2.45) is 0 Å². The molecule has 0 radical (unpaired) electrons. The molecule has 152 valence electrons.